The number of pyridine rings is 1. The predicted octanol–water partition coefficient (Wildman–Crippen LogP) is 3.81. The molecular weight excluding hydrogens is 440 g/mol. The lowest BCUT2D eigenvalue weighted by Crippen LogP contribution is -2.51. The van der Waals surface area contributed by atoms with Gasteiger partial charge in [-0.05, 0) is 42.0 Å². The summed E-state index contributed by atoms with van der Waals surface area (Å²) in [5, 5.41) is 13.5. The van der Waals surface area contributed by atoms with Gasteiger partial charge in [-0.25, -0.2) is 4.98 Å². The Bertz CT molecular complexity index is 1270. The van der Waals surface area contributed by atoms with Crippen molar-refractivity contribution in [3.63, 3.8) is 0 Å². The largest absolute Gasteiger partial charge is 0.550 e. The number of fused-ring (bicyclic) bond motifs is 2. The third-order valence-corrected chi connectivity index (χ3v) is 6.03. The van der Waals surface area contributed by atoms with Crippen LogP contribution in [0, 0.1) is 0 Å². The van der Waals surface area contributed by atoms with Crippen molar-refractivity contribution >= 4 is 16.7 Å². The Kier molecular flexibility index (Phi) is 7.95. The molecule has 1 aromatic heterocycles. The molecule has 180 valence electrons. The van der Waals surface area contributed by atoms with Gasteiger partial charge in [-0.15, -0.1) is 0 Å². The first-order chi connectivity index (χ1) is 17.0. The van der Waals surface area contributed by atoms with Gasteiger partial charge in [0.25, 0.3) is 0 Å². The number of rotatable bonds is 6. The van der Waals surface area contributed by atoms with Crippen LogP contribution < -0.4 is 20.3 Å². The Morgan fingerprint density at radius 1 is 1.11 bits per heavy atom. The summed E-state index contributed by atoms with van der Waals surface area (Å²) in [6, 6.07) is 26.7. The van der Waals surface area contributed by atoms with Crippen LogP contribution in [0.5, 0.6) is 11.6 Å². The molecule has 0 fully saturated rings. The van der Waals surface area contributed by atoms with Gasteiger partial charge in [-0.2, -0.15) is 0 Å². The maximum absolute atomic E-state index is 10.9. The van der Waals surface area contributed by atoms with Gasteiger partial charge in [-0.3, -0.25) is 0 Å². The fourth-order valence-electron chi connectivity index (χ4n) is 4.25. The number of aliphatic carboxylic acids is 1. The van der Waals surface area contributed by atoms with Crippen LogP contribution in [0.25, 0.3) is 10.8 Å². The molecule has 2 atom stereocenters. The molecule has 6 nitrogen and oxygen atoms in total. The maximum atomic E-state index is 10.9. The van der Waals surface area contributed by atoms with E-state index in [-0.39, 0.29) is 12.3 Å². The minimum Gasteiger partial charge on any atom is -0.550 e. The zero-order chi connectivity index (χ0) is 24.6. The molecule has 0 spiro atoms. The number of carboxylic acids is 1. The lowest BCUT2D eigenvalue weighted by molar-refractivity contribution is -0.420. The Balaban J connectivity index is 0.000000189. The van der Waals surface area contributed by atoms with Crippen molar-refractivity contribution in [3.8, 4) is 11.6 Å². The second-order valence-corrected chi connectivity index (χ2v) is 8.71. The first kappa shape index (κ1) is 24.2. The summed E-state index contributed by atoms with van der Waals surface area (Å²) in [7, 11) is 0. The molecule has 0 saturated carbocycles. The fraction of sp³-hybridized carbons (Fsp3) is 0.241. The highest BCUT2D eigenvalue weighted by Crippen LogP contribution is 2.36. The van der Waals surface area contributed by atoms with E-state index < -0.39 is 5.97 Å². The van der Waals surface area contributed by atoms with E-state index in [1.165, 1.54) is 16.3 Å². The summed E-state index contributed by atoms with van der Waals surface area (Å²) in [5.41, 5.74) is 7.26. The van der Waals surface area contributed by atoms with Crippen molar-refractivity contribution in [2.45, 2.75) is 38.3 Å². The second-order valence-electron chi connectivity index (χ2n) is 8.71. The van der Waals surface area contributed by atoms with Crippen molar-refractivity contribution in [1.29, 1.82) is 0 Å². The van der Waals surface area contributed by atoms with Gasteiger partial charge in [-0.1, -0.05) is 72.8 Å². The van der Waals surface area contributed by atoms with E-state index in [1.807, 2.05) is 30.3 Å². The third kappa shape index (κ3) is 6.37. The van der Waals surface area contributed by atoms with Gasteiger partial charge in [0.15, 0.2) is 0 Å². The molecule has 0 saturated heterocycles. The number of quaternary nitrogens is 1. The standard InChI is InChI=1S/C17H17NO4.C12H13N/c19-17(20)8-13-6-7-21-15-10-18-16(9-14(13)15)22-11-12-4-2-1-3-5-12;1-9(13)11-8-4-6-10-5-2-3-7-12(10)11/h1-5,9-10,13H,6-8,11H2,(H,19,20);2-9H,13H2,1H3/t;9-/m.0/s1. The van der Waals surface area contributed by atoms with Gasteiger partial charge < -0.3 is 25.1 Å². The average molecular weight is 471 g/mol. The number of hydrogen-bond acceptors (Lipinski definition) is 5. The van der Waals surface area contributed by atoms with Crippen LogP contribution in [0.3, 0.4) is 0 Å². The number of carbonyl (C=O) groups excluding carboxylic acids is 1. The molecule has 1 unspecified atom stereocenters. The van der Waals surface area contributed by atoms with E-state index >= 15 is 0 Å². The lowest BCUT2D eigenvalue weighted by atomic mass is 9.91. The first-order valence-corrected chi connectivity index (χ1v) is 11.8. The molecule has 3 aromatic carbocycles. The number of aromatic nitrogens is 1. The van der Waals surface area contributed by atoms with E-state index in [9.17, 15) is 9.90 Å². The molecule has 5 rings (SSSR count). The van der Waals surface area contributed by atoms with Gasteiger partial charge in [0, 0.05) is 23.2 Å². The van der Waals surface area contributed by atoms with Crippen LogP contribution in [-0.4, -0.2) is 17.6 Å². The lowest BCUT2D eigenvalue weighted by Gasteiger charge is -2.26. The molecule has 0 aliphatic carbocycles. The van der Waals surface area contributed by atoms with Crippen LogP contribution in [0.4, 0.5) is 0 Å². The fourth-order valence-corrected chi connectivity index (χ4v) is 4.25. The molecule has 3 N–H and O–H groups in total. The van der Waals surface area contributed by atoms with E-state index in [0.717, 1.165) is 11.1 Å². The number of carboxylic acid groups (broad SMARTS) is 1. The minimum atomic E-state index is -1.05. The molecule has 2 heterocycles. The molecule has 4 aromatic rings. The van der Waals surface area contributed by atoms with Crippen molar-refractivity contribution in [2.75, 3.05) is 6.61 Å². The SMILES string of the molecule is C[C@H]([NH3+])c1cccc2ccccc12.O=C([O-])CC1CCOc2cnc(OCc3ccccc3)cc21. The Labute approximate surface area is 205 Å². The van der Waals surface area contributed by atoms with Crippen LogP contribution >= 0.6 is 0 Å². The van der Waals surface area contributed by atoms with Crippen LogP contribution in [0.2, 0.25) is 0 Å². The first-order valence-electron chi connectivity index (χ1n) is 11.8. The molecule has 6 heteroatoms. The normalized spacial score (nSPS) is 15.2. The molecule has 0 amide bonds. The number of ether oxygens (including phenoxy) is 2. The molecule has 0 radical (unpaired) electrons. The van der Waals surface area contributed by atoms with Crippen molar-refractivity contribution < 1.29 is 25.1 Å². The van der Waals surface area contributed by atoms with Gasteiger partial charge in [0.2, 0.25) is 5.88 Å². The average Bonchev–Trinajstić information content (AvgIpc) is 2.88. The highest BCUT2D eigenvalue weighted by Gasteiger charge is 2.23. The number of nitrogens with zero attached hydrogens (tertiary/aromatic N) is 1. The highest BCUT2D eigenvalue weighted by molar-refractivity contribution is 5.85. The monoisotopic (exact) mass is 470 g/mol. The number of hydrogen-bond donors (Lipinski definition) is 1. The quantitative estimate of drug-likeness (QED) is 0.462. The number of benzene rings is 3. The van der Waals surface area contributed by atoms with Crippen LogP contribution in [0.15, 0.2) is 85.1 Å². The molecule has 0 bridgehead atoms. The van der Waals surface area contributed by atoms with Gasteiger partial charge in [0.1, 0.15) is 18.4 Å². The Hall–Kier alpha value is -3.90. The predicted molar refractivity (Wildman–Crippen MR) is 133 cm³/mol. The summed E-state index contributed by atoms with van der Waals surface area (Å²) in [5.74, 6) is -0.0711. The smallest absolute Gasteiger partial charge is 0.214 e. The van der Waals surface area contributed by atoms with Gasteiger partial charge in [0.05, 0.1) is 12.8 Å². The van der Waals surface area contributed by atoms with Crippen molar-refractivity contribution in [1.82, 2.24) is 4.98 Å². The van der Waals surface area contributed by atoms with Crippen molar-refractivity contribution in [2.24, 2.45) is 0 Å². The van der Waals surface area contributed by atoms with E-state index in [2.05, 4.69) is 60.1 Å². The summed E-state index contributed by atoms with van der Waals surface area (Å²) < 4.78 is 11.2. The molecule has 1 aliphatic rings. The summed E-state index contributed by atoms with van der Waals surface area (Å²) in [4.78, 5) is 15.1. The summed E-state index contributed by atoms with van der Waals surface area (Å²) in [6.07, 6.45) is 2.23. The number of carbonyl (C=O) groups is 1. The Morgan fingerprint density at radius 3 is 2.63 bits per heavy atom. The van der Waals surface area contributed by atoms with E-state index in [4.69, 9.17) is 9.47 Å². The third-order valence-electron chi connectivity index (χ3n) is 6.03. The highest BCUT2D eigenvalue weighted by atomic mass is 16.5. The topological polar surface area (TPSA) is 99.1 Å². The molecule has 35 heavy (non-hydrogen) atoms. The summed E-state index contributed by atoms with van der Waals surface area (Å²) >= 11 is 0. The van der Waals surface area contributed by atoms with E-state index in [0.29, 0.717) is 37.3 Å². The van der Waals surface area contributed by atoms with Crippen LogP contribution in [0.1, 0.15) is 48.4 Å². The maximum Gasteiger partial charge on any atom is 0.214 e. The van der Waals surface area contributed by atoms with Gasteiger partial charge >= 0.3 is 0 Å². The van der Waals surface area contributed by atoms with Crippen molar-refractivity contribution in [3.05, 3.63) is 102 Å². The molecule has 1 aliphatic heterocycles. The zero-order valence-corrected chi connectivity index (χ0v) is 19.9. The zero-order valence-electron chi connectivity index (χ0n) is 19.9. The second kappa shape index (κ2) is 11.5. The summed E-state index contributed by atoms with van der Waals surface area (Å²) in [6.45, 7) is 3.04. The van der Waals surface area contributed by atoms with Crippen LogP contribution in [-0.2, 0) is 11.4 Å². The Morgan fingerprint density at radius 2 is 1.86 bits per heavy atom. The molecular formula is C29H30N2O4. The minimum absolute atomic E-state index is 0.0154. The van der Waals surface area contributed by atoms with E-state index in [1.54, 1.807) is 12.3 Å².